The van der Waals surface area contributed by atoms with Crippen LogP contribution in [0.4, 0.5) is 20.7 Å². The summed E-state index contributed by atoms with van der Waals surface area (Å²) in [4.78, 5) is 21.4. The van der Waals surface area contributed by atoms with Gasteiger partial charge in [-0.2, -0.15) is 0 Å². The predicted octanol–water partition coefficient (Wildman–Crippen LogP) is 3.98. The van der Waals surface area contributed by atoms with Gasteiger partial charge in [0.25, 0.3) is 0 Å². The largest absolute Gasteiger partial charge is 0.351 e. The Morgan fingerprint density at radius 3 is 2.41 bits per heavy atom. The molecule has 6 nitrogen and oxygen atoms in total. The number of hydrogen-bond acceptors (Lipinski definition) is 3. The van der Waals surface area contributed by atoms with Crippen molar-refractivity contribution in [1.29, 1.82) is 0 Å². The molecule has 0 radical (unpaired) electrons. The highest BCUT2D eigenvalue weighted by Crippen LogP contribution is 2.26. The molecule has 0 aliphatic carbocycles. The van der Waals surface area contributed by atoms with Gasteiger partial charge < -0.3 is 19.5 Å². The van der Waals surface area contributed by atoms with E-state index in [9.17, 15) is 9.18 Å². The van der Waals surface area contributed by atoms with Gasteiger partial charge >= 0.3 is 6.03 Å². The van der Waals surface area contributed by atoms with Crippen LogP contribution in [-0.2, 0) is 0 Å². The van der Waals surface area contributed by atoms with E-state index in [1.165, 1.54) is 12.1 Å². The highest BCUT2D eigenvalue weighted by atomic mass is 19.1. The van der Waals surface area contributed by atoms with Crippen LogP contribution in [0, 0.1) is 5.82 Å². The molecule has 1 aliphatic rings. The van der Waals surface area contributed by atoms with E-state index < -0.39 is 0 Å². The lowest BCUT2D eigenvalue weighted by Gasteiger charge is -2.35. The van der Waals surface area contributed by atoms with Crippen molar-refractivity contribution in [3.8, 4) is 0 Å². The second-order valence-corrected chi connectivity index (χ2v) is 7.10. The summed E-state index contributed by atoms with van der Waals surface area (Å²) in [7, 11) is 0. The van der Waals surface area contributed by atoms with Crippen LogP contribution >= 0.6 is 0 Å². The molecule has 1 saturated heterocycles. The number of amides is 2. The smallest absolute Gasteiger partial charge is 0.321 e. The molecule has 0 bridgehead atoms. The van der Waals surface area contributed by atoms with Crippen LogP contribution in [0.15, 0.2) is 66.9 Å². The van der Waals surface area contributed by atoms with Crippen molar-refractivity contribution in [3.05, 3.63) is 72.7 Å². The standard InChI is InChI=1S/C22H20FN5O/c23-16-7-9-17(10-8-16)24-22(29)27-14-12-26(13-15-27)21-20-6-3-11-28(20)19-5-2-1-4-18(19)25-21/h1-11H,12-15H2,(H,24,29). The molecule has 0 atom stereocenters. The maximum atomic E-state index is 13.0. The van der Waals surface area contributed by atoms with E-state index in [1.54, 1.807) is 17.0 Å². The number of carbonyl (C=O) groups excluding carboxylic acids is 1. The summed E-state index contributed by atoms with van der Waals surface area (Å²) in [6.45, 7) is 2.58. The Labute approximate surface area is 167 Å². The average Bonchev–Trinajstić information content (AvgIpc) is 3.25. The molecule has 0 unspecified atom stereocenters. The molecular weight excluding hydrogens is 369 g/mol. The minimum Gasteiger partial charge on any atom is -0.351 e. The summed E-state index contributed by atoms with van der Waals surface area (Å²) >= 11 is 0. The molecular formula is C22H20FN5O. The first kappa shape index (κ1) is 17.5. The van der Waals surface area contributed by atoms with Gasteiger partial charge in [-0.1, -0.05) is 12.1 Å². The molecule has 2 aromatic carbocycles. The number of rotatable bonds is 2. The number of piperazine rings is 1. The number of benzene rings is 2. The number of urea groups is 1. The zero-order valence-electron chi connectivity index (χ0n) is 15.8. The van der Waals surface area contributed by atoms with Crippen molar-refractivity contribution in [3.63, 3.8) is 0 Å². The molecule has 1 N–H and O–H groups in total. The molecule has 5 rings (SSSR count). The van der Waals surface area contributed by atoms with E-state index in [-0.39, 0.29) is 11.8 Å². The fourth-order valence-corrected chi connectivity index (χ4v) is 3.80. The van der Waals surface area contributed by atoms with Gasteiger partial charge in [-0.05, 0) is 48.5 Å². The van der Waals surface area contributed by atoms with Crippen molar-refractivity contribution in [2.24, 2.45) is 0 Å². The maximum Gasteiger partial charge on any atom is 0.321 e. The normalized spacial score (nSPS) is 14.5. The number of anilines is 2. The van der Waals surface area contributed by atoms with Crippen LogP contribution in [-0.4, -0.2) is 46.5 Å². The maximum absolute atomic E-state index is 13.0. The number of para-hydroxylation sites is 2. The molecule has 7 heteroatoms. The molecule has 0 spiro atoms. The van der Waals surface area contributed by atoms with Gasteiger partial charge in [-0.15, -0.1) is 0 Å². The van der Waals surface area contributed by atoms with Crippen LogP contribution in [0.2, 0.25) is 0 Å². The van der Waals surface area contributed by atoms with E-state index in [0.29, 0.717) is 31.9 Å². The van der Waals surface area contributed by atoms with Crippen molar-refractivity contribution in [1.82, 2.24) is 14.3 Å². The molecule has 29 heavy (non-hydrogen) atoms. The third-order valence-corrected chi connectivity index (χ3v) is 5.31. The van der Waals surface area contributed by atoms with E-state index in [0.717, 1.165) is 22.4 Å². The van der Waals surface area contributed by atoms with E-state index in [1.807, 2.05) is 24.3 Å². The number of aromatic nitrogens is 2. The Morgan fingerprint density at radius 2 is 1.62 bits per heavy atom. The Morgan fingerprint density at radius 1 is 0.897 bits per heavy atom. The number of carbonyl (C=O) groups is 1. The second-order valence-electron chi connectivity index (χ2n) is 7.10. The highest BCUT2D eigenvalue weighted by molar-refractivity contribution is 5.89. The third kappa shape index (κ3) is 3.24. The highest BCUT2D eigenvalue weighted by Gasteiger charge is 2.24. The van der Waals surface area contributed by atoms with E-state index >= 15 is 0 Å². The number of hydrogen-bond donors (Lipinski definition) is 1. The van der Waals surface area contributed by atoms with Gasteiger partial charge in [0.2, 0.25) is 0 Å². The van der Waals surface area contributed by atoms with Crippen molar-refractivity contribution < 1.29 is 9.18 Å². The molecule has 3 heterocycles. The van der Waals surface area contributed by atoms with Gasteiger partial charge in [-0.3, -0.25) is 0 Å². The van der Waals surface area contributed by atoms with Gasteiger partial charge in [0.1, 0.15) is 5.82 Å². The minimum absolute atomic E-state index is 0.171. The lowest BCUT2D eigenvalue weighted by Crippen LogP contribution is -2.50. The number of nitrogens with one attached hydrogen (secondary N) is 1. The monoisotopic (exact) mass is 389 g/mol. The zero-order chi connectivity index (χ0) is 19.8. The summed E-state index contributed by atoms with van der Waals surface area (Å²) < 4.78 is 15.2. The molecule has 0 saturated carbocycles. The van der Waals surface area contributed by atoms with Crippen molar-refractivity contribution >= 4 is 34.1 Å². The van der Waals surface area contributed by atoms with Crippen molar-refractivity contribution in [2.75, 3.05) is 36.4 Å². The van der Waals surface area contributed by atoms with Gasteiger partial charge in [0.05, 0.1) is 16.6 Å². The van der Waals surface area contributed by atoms with Crippen molar-refractivity contribution in [2.45, 2.75) is 0 Å². The fourth-order valence-electron chi connectivity index (χ4n) is 3.80. The van der Waals surface area contributed by atoms with Crippen LogP contribution < -0.4 is 10.2 Å². The molecule has 1 aliphatic heterocycles. The average molecular weight is 389 g/mol. The zero-order valence-corrected chi connectivity index (χ0v) is 15.8. The molecule has 4 aromatic rings. The summed E-state index contributed by atoms with van der Waals surface area (Å²) in [5, 5.41) is 2.83. The summed E-state index contributed by atoms with van der Waals surface area (Å²) in [6.07, 6.45) is 2.05. The number of nitrogens with zero attached hydrogens (tertiary/aromatic N) is 4. The Bertz CT molecular complexity index is 1180. The SMILES string of the molecule is O=C(Nc1ccc(F)cc1)N1CCN(c2nc3ccccc3n3cccc23)CC1. The predicted molar refractivity (Wildman–Crippen MR) is 112 cm³/mol. The summed E-state index contributed by atoms with van der Waals surface area (Å²) in [5.74, 6) is 0.614. The first-order valence-electron chi connectivity index (χ1n) is 9.61. The van der Waals surface area contributed by atoms with Gasteiger partial charge in [0.15, 0.2) is 5.82 Å². The summed E-state index contributed by atoms with van der Waals surface area (Å²) in [6, 6.07) is 17.8. The molecule has 1 fully saturated rings. The lowest BCUT2D eigenvalue weighted by molar-refractivity contribution is 0.208. The Hall–Kier alpha value is -3.61. The summed E-state index contributed by atoms with van der Waals surface area (Å²) in [5.41, 5.74) is 3.68. The fraction of sp³-hybridized carbons (Fsp3) is 0.182. The first-order valence-corrected chi connectivity index (χ1v) is 9.61. The molecule has 146 valence electrons. The van der Waals surface area contributed by atoms with Crippen LogP contribution in [0.5, 0.6) is 0 Å². The quantitative estimate of drug-likeness (QED) is 0.564. The van der Waals surface area contributed by atoms with E-state index in [4.69, 9.17) is 4.98 Å². The number of fused-ring (bicyclic) bond motifs is 3. The van der Waals surface area contributed by atoms with Gasteiger partial charge in [0, 0.05) is 38.1 Å². The number of halogens is 1. The molecule has 2 aromatic heterocycles. The first-order chi connectivity index (χ1) is 14.2. The van der Waals surface area contributed by atoms with Crippen LogP contribution in [0.3, 0.4) is 0 Å². The lowest BCUT2D eigenvalue weighted by atomic mass is 10.2. The van der Waals surface area contributed by atoms with E-state index in [2.05, 4.69) is 32.9 Å². The third-order valence-electron chi connectivity index (χ3n) is 5.31. The Kier molecular flexibility index (Phi) is 4.27. The Balaban J connectivity index is 1.33. The van der Waals surface area contributed by atoms with Gasteiger partial charge in [-0.25, -0.2) is 14.2 Å². The molecule has 2 amide bonds. The second kappa shape index (κ2) is 7.09. The topological polar surface area (TPSA) is 52.9 Å². The van der Waals surface area contributed by atoms with Crippen LogP contribution in [0.25, 0.3) is 16.6 Å². The van der Waals surface area contributed by atoms with Crippen LogP contribution in [0.1, 0.15) is 0 Å². The minimum atomic E-state index is -0.323.